The largest absolute Gasteiger partial charge is 0.481 e. The third-order valence-electron chi connectivity index (χ3n) is 4.15. The number of ether oxygens (including phenoxy) is 2. The standard InChI is InChI=1S/C18H36O4/c1-15(2,12-16(3,4)14(19)20)13-18(7,8)22-11-10-17(5,6)21-9/h10-13H2,1-9H3,(H,19,20). The molecule has 22 heavy (non-hydrogen) atoms. The van der Waals surface area contributed by atoms with Crippen molar-refractivity contribution in [2.75, 3.05) is 13.7 Å². The molecule has 0 aliphatic heterocycles. The van der Waals surface area contributed by atoms with Gasteiger partial charge < -0.3 is 14.6 Å². The first-order valence-corrected chi connectivity index (χ1v) is 8.05. The molecule has 0 unspecified atom stereocenters. The second-order valence-electron chi connectivity index (χ2n) is 9.03. The SMILES string of the molecule is COC(C)(C)CCOC(C)(C)CC(C)(C)CC(C)(C)C(=O)O. The van der Waals surface area contributed by atoms with E-state index in [2.05, 4.69) is 27.7 Å². The van der Waals surface area contributed by atoms with Crippen LogP contribution in [0.25, 0.3) is 0 Å². The summed E-state index contributed by atoms with van der Waals surface area (Å²) in [6, 6.07) is 0. The predicted molar refractivity (Wildman–Crippen MR) is 90.2 cm³/mol. The van der Waals surface area contributed by atoms with Crippen molar-refractivity contribution in [3.63, 3.8) is 0 Å². The van der Waals surface area contributed by atoms with Crippen molar-refractivity contribution in [1.29, 1.82) is 0 Å². The summed E-state index contributed by atoms with van der Waals surface area (Å²) < 4.78 is 11.5. The molecule has 0 spiro atoms. The molecular formula is C18H36O4. The minimum absolute atomic E-state index is 0.109. The number of hydrogen-bond acceptors (Lipinski definition) is 3. The Balaban J connectivity index is 4.59. The average Bonchev–Trinajstić information content (AvgIpc) is 2.24. The lowest BCUT2D eigenvalue weighted by molar-refractivity contribution is -0.149. The Bertz CT molecular complexity index is 367. The zero-order valence-electron chi connectivity index (χ0n) is 16.0. The van der Waals surface area contributed by atoms with E-state index in [0.29, 0.717) is 13.0 Å². The molecule has 1 N–H and O–H groups in total. The highest BCUT2D eigenvalue weighted by molar-refractivity contribution is 5.73. The zero-order chi connectivity index (χ0) is 17.8. The van der Waals surface area contributed by atoms with Gasteiger partial charge in [-0.05, 0) is 66.2 Å². The van der Waals surface area contributed by atoms with Crippen molar-refractivity contribution < 1.29 is 19.4 Å². The third-order valence-corrected chi connectivity index (χ3v) is 4.15. The van der Waals surface area contributed by atoms with Crippen molar-refractivity contribution in [1.82, 2.24) is 0 Å². The monoisotopic (exact) mass is 316 g/mol. The molecule has 0 aromatic carbocycles. The van der Waals surface area contributed by atoms with Crippen LogP contribution in [0.3, 0.4) is 0 Å². The van der Waals surface area contributed by atoms with E-state index in [4.69, 9.17) is 9.47 Å². The van der Waals surface area contributed by atoms with Crippen molar-refractivity contribution in [2.24, 2.45) is 10.8 Å². The van der Waals surface area contributed by atoms with Gasteiger partial charge in [0.25, 0.3) is 0 Å². The summed E-state index contributed by atoms with van der Waals surface area (Å²) in [7, 11) is 1.71. The highest BCUT2D eigenvalue weighted by atomic mass is 16.5. The molecule has 0 bridgehead atoms. The van der Waals surface area contributed by atoms with Crippen LogP contribution in [-0.2, 0) is 14.3 Å². The van der Waals surface area contributed by atoms with Crippen LogP contribution in [0, 0.1) is 10.8 Å². The first kappa shape index (κ1) is 21.4. The molecular weight excluding hydrogens is 280 g/mol. The van der Waals surface area contributed by atoms with Gasteiger partial charge in [-0.2, -0.15) is 0 Å². The Hall–Kier alpha value is -0.610. The van der Waals surface area contributed by atoms with Crippen LogP contribution in [-0.4, -0.2) is 36.0 Å². The molecule has 0 atom stereocenters. The van der Waals surface area contributed by atoms with Crippen LogP contribution in [0.5, 0.6) is 0 Å². The minimum atomic E-state index is -0.749. The molecule has 0 saturated heterocycles. The fourth-order valence-electron chi connectivity index (χ4n) is 3.21. The number of hydrogen-bond donors (Lipinski definition) is 1. The Labute approximate surface area is 136 Å². The van der Waals surface area contributed by atoms with E-state index in [-0.39, 0.29) is 16.6 Å². The second kappa shape index (κ2) is 7.31. The molecule has 0 aliphatic rings. The summed E-state index contributed by atoms with van der Waals surface area (Å²) in [6.07, 6.45) is 2.25. The third kappa shape index (κ3) is 8.14. The molecule has 0 aromatic rings. The summed E-state index contributed by atoms with van der Waals surface area (Å²) >= 11 is 0. The summed E-state index contributed by atoms with van der Waals surface area (Å²) in [5.41, 5.74) is -1.31. The predicted octanol–water partition coefficient (Wildman–Crippen LogP) is 4.51. The quantitative estimate of drug-likeness (QED) is 0.644. The fourth-order valence-corrected chi connectivity index (χ4v) is 3.21. The van der Waals surface area contributed by atoms with Crippen LogP contribution in [0.1, 0.15) is 74.7 Å². The van der Waals surface area contributed by atoms with E-state index in [1.54, 1.807) is 21.0 Å². The Morgan fingerprint density at radius 2 is 1.41 bits per heavy atom. The Morgan fingerprint density at radius 3 is 1.82 bits per heavy atom. The number of aliphatic carboxylic acids is 1. The first-order valence-electron chi connectivity index (χ1n) is 8.05. The number of rotatable bonds is 10. The fraction of sp³-hybridized carbons (Fsp3) is 0.944. The summed E-state index contributed by atoms with van der Waals surface area (Å²) in [4.78, 5) is 11.3. The lowest BCUT2D eigenvalue weighted by atomic mass is 9.70. The lowest BCUT2D eigenvalue weighted by Crippen LogP contribution is -2.37. The highest BCUT2D eigenvalue weighted by Crippen LogP contribution is 2.40. The van der Waals surface area contributed by atoms with Gasteiger partial charge in [-0.15, -0.1) is 0 Å². The van der Waals surface area contributed by atoms with Gasteiger partial charge in [0, 0.05) is 7.11 Å². The molecule has 132 valence electrons. The van der Waals surface area contributed by atoms with Gasteiger partial charge in [0.2, 0.25) is 0 Å². The zero-order valence-corrected chi connectivity index (χ0v) is 16.0. The Kier molecular flexibility index (Phi) is 7.10. The van der Waals surface area contributed by atoms with Crippen LogP contribution < -0.4 is 0 Å². The molecule has 0 fully saturated rings. The van der Waals surface area contributed by atoms with E-state index < -0.39 is 11.4 Å². The van der Waals surface area contributed by atoms with E-state index in [9.17, 15) is 9.90 Å². The maximum atomic E-state index is 11.3. The first-order chi connectivity index (χ1) is 9.63. The molecule has 0 radical (unpaired) electrons. The molecule has 0 amide bonds. The molecule has 0 heterocycles. The topological polar surface area (TPSA) is 55.8 Å². The van der Waals surface area contributed by atoms with Crippen LogP contribution in [0.15, 0.2) is 0 Å². The number of carboxylic acids is 1. The van der Waals surface area contributed by atoms with Gasteiger partial charge in [-0.3, -0.25) is 4.79 Å². The smallest absolute Gasteiger partial charge is 0.309 e. The van der Waals surface area contributed by atoms with Gasteiger partial charge in [0.05, 0.1) is 23.2 Å². The van der Waals surface area contributed by atoms with Crippen LogP contribution >= 0.6 is 0 Å². The molecule has 0 saturated carbocycles. The molecule has 4 nitrogen and oxygen atoms in total. The molecule has 0 aromatic heterocycles. The van der Waals surface area contributed by atoms with Crippen molar-refractivity contribution in [3.8, 4) is 0 Å². The maximum absolute atomic E-state index is 11.3. The normalized spacial score (nSPS) is 14.2. The summed E-state index contributed by atoms with van der Waals surface area (Å²) in [6.45, 7) is 16.7. The van der Waals surface area contributed by atoms with Gasteiger partial charge in [-0.1, -0.05) is 13.8 Å². The van der Waals surface area contributed by atoms with Crippen LogP contribution in [0.4, 0.5) is 0 Å². The number of carboxylic acid groups (broad SMARTS) is 1. The van der Waals surface area contributed by atoms with Gasteiger partial charge >= 0.3 is 5.97 Å². The van der Waals surface area contributed by atoms with Crippen molar-refractivity contribution in [3.05, 3.63) is 0 Å². The molecule has 0 aliphatic carbocycles. The number of carbonyl (C=O) groups is 1. The molecule has 4 heteroatoms. The van der Waals surface area contributed by atoms with Gasteiger partial charge in [-0.25, -0.2) is 0 Å². The second-order valence-corrected chi connectivity index (χ2v) is 9.03. The minimum Gasteiger partial charge on any atom is -0.481 e. The summed E-state index contributed by atoms with van der Waals surface area (Å²) in [5.74, 6) is -0.749. The lowest BCUT2D eigenvalue weighted by Gasteiger charge is -2.39. The average molecular weight is 316 g/mol. The maximum Gasteiger partial charge on any atom is 0.309 e. The van der Waals surface area contributed by atoms with E-state index in [0.717, 1.165) is 12.8 Å². The number of methoxy groups -OCH3 is 1. The Morgan fingerprint density at radius 1 is 0.909 bits per heavy atom. The van der Waals surface area contributed by atoms with Crippen molar-refractivity contribution >= 4 is 5.97 Å². The molecule has 0 rings (SSSR count). The van der Waals surface area contributed by atoms with E-state index in [1.165, 1.54) is 0 Å². The van der Waals surface area contributed by atoms with Crippen molar-refractivity contribution in [2.45, 2.75) is 85.9 Å². The highest BCUT2D eigenvalue weighted by Gasteiger charge is 2.38. The van der Waals surface area contributed by atoms with Gasteiger partial charge in [0.1, 0.15) is 0 Å². The summed E-state index contributed by atoms with van der Waals surface area (Å²) in [5, 5.41) is 9.32. The van der Waals surface area contributed by atoms with Crippen LogP contribution in [0.2, 0.25) is 0 Å². The van der Waals surface area contributed by atoms with E-state index >= 15 is 0 Å². The van der Waals surface area contributed by atoms with Gasteiger partial charge in [0.15, 0.2) is 0 Å². The van der Waals surface area contributed by atoms with E-state index in [1.807, 2.05) is 13.8 Å².